The second kappa shape index (κ2) is 9.16. The van der Waals surface area contributed by atoms with E-state index in [2.05, 4.69) is 35.0 Å². The second-order valence-corrected chi connectivity index (χ2v) is 6.72. The highest BCUT2D eigenvalue weighted by Gasteiger charge is 2.27. The van der Waals surface area contributed by atoms with E-state index in [1.165, 1.54) is 20.5 Å². The molecular formula is C20H26N4O4. The summed E-state index contributed by atoms with van der Waals surface area (Å²) in [6.45, 7) is 6.22. The molecule has 2 aromatic rings. The highest BCUT2D eigenvalue weighted by atomic mass is 16.6. The molecule has 0 atom stereocenters. The number of benzene rings is 1. The van der Waals surface area contributed by atoms with Crippen LogP contribution in [-0.4, -0.2) is 50.0 Å². The minimum absolute atomic E-state index is 0.0824. The maximum absolute atomic E-state index is 12.3. The molecule has 0 fully saturated rings. The first-order chi connectivity index (χ1) is 13.3. The van der Waals surface area contributed by atoms with Crippen molar-refractivity contribution < 1.29 is 19.1 Å². The summed E-state index contributed by atoms with van der Waals surface area (Å²) < 4.78 is 10.9. The van der Waals surface area contributed by atoms with Gasteiger partial charge < -0.3 is 19.2 Å². The summed E-state index contributed by atoms with van der Waals surface area (Å²) in [5.74, 6) is 0.889. The van der Waals surface area contributed by atoms with E-state index in [4.69, 9.17) is 14.3 Å². The Morgan fingerprint density at radius 1 is 1.14 bits per heavy atom. The summed E-state index contributed by atoms with van der Waals surface area (Å²) in [7, 11) is 6.20. The zero-order valence-electron chi connectivity index (χ0n) is 17.3. The average Bonchev–Trinajstić information content (AvgIpc) is 2.65. The van der Waals surface area contributed by atoms with Gasteiger partial charge in [-0.25, -0.2) is 14.8 Å². The van der Waals surface area contributed by atoms with E-state index >= 15 is 0 Å². The number of anilines is 1. The molecule has 0 N–H and O–H groups in total. The van der Waals surface area contributed by atoms with Crippen LogP contribution in [0.25, 0.3) is 0 Å². The van der Waals surface area contributed by atoms with E-state index in [-0.39, 0.29) is 17.2 Å². The largest absolute Gasteiger partial charge is 0.464 e. The molecule has 0 spiro atoms. The smallest absolute Gasteiger partial charge is 0.361 e. The first-order valence-corrected chi connectivity index (χ1v) is 8.80. The van der Waals surface area contributed by atoms with Crippen LogP contribution < -0.4 is 9.64 Å². The van der Waals surface area contributed by atoms with Crippen LogP contribution in [0.3, 0.4) is 0 Å². The topological polar surface area (TPSA) is 86.1 Å². The number of oxime groups is 1. The molecular weight excluding hydrogens is 360 g/mol. The van der Waals surface area contributed by atoms with Crippen LogP contribution in [0.15, 0.2) is 29.7 Å². The summed E-state index contributed by atoms with van der Waals surface area (Å²) in [6.07, 6.45) is 1.37. The Morgan fingerprint density at radius 2 is 1.86 bits per heavy atom. The average molecular weight is 386 g/mol. The van der Waals surface area contributed by atoms with Gasteiger partial charge in [0.1, 0.15) is 30.6 Å². The molecule has 150 valence electrons. The number of nitrogens with zero attached hydrogens (tertiary/aromatic N) is 4. The van der Waals surface area contributed by atoms with Gasteiger partial charge in [-0.1, -0.05) is 25.1 Å². The van der Waals surface area contributed by atoms with Crippen LogP contribution in [0.2, 0.25) is 0 Å². The van der Waals surface area contributed by atoms with Crippen LogP contribution in [0.1, 0.15) is 36.5 Å². The molecule has 0 aliphatic rings. The van der Waals surface area contributed by atoms with Crippen molar-refractivity contribution in [3.05, 3.63) is 41.2 Å². The van der Waals surface area contributed by atoms with E-state index < -0.39 is 5.97 Å². The fourth-order valence-corrected chi connectivity index (χ4v) is 2.64. The third kappa shape index (κ3) is 4.76. The van der Waals surface area contributed by atoms with Crippen LogP contribution in [0.4, 0.5) is 5.82 Å². The Balaban J connectivity index is 2.64. The molecule has 1 aromatic heterocycles. The number of carbonyl (C=O) groups is 1. The third-order valence-electron chi connectivity index (χ3n) is 3.97. The van der Waals surface area contributed by atoms with Crippen molar-refractivity contribution in [3.8, 4) is 11.6 Å². The van der Waals surface area contributed by atoms with Gasteiger partial charge in [0.05, 0.1) is 7.11 Å². The van der Waals surface area contributed by atoms with Gasteiger partial charge in [-0.05, 0) is 36.1 Å². The zero-order valence-corrected chi connectivity index (χ0v) is 17.3. The molecule has 0 unspecified atom stereocenters. The van der Waals surface area contributed by atoms with E-state index in [1.807, 2.05) is 19.1 Å². The molecule has 0 bridgehead atoms. The summed E-state index contributed by atoms with van der Waals surface area (Å²) in [5.41, 5.74) is 2.40. The van der Waals surface area contributed by atoms with Gasteiger partial charge in [0, 0.05) is 14.1 Å². The summed E-state index contributed by atoms with van der Waals surface area (Å²) in [4.78, 5) is 27.4. The van der Waals surface area contributed by atoms with E-state index in [1.54, 1.807) is 19.0 Å². The normalized spacial score (nSPS) is 11.4. The van der Waals surface area contributed by atoms with E-state index in [0.717, 1.165) is 11.1 Å². The molecule has 0 aliphatic carbocycles. The molecule has 0 amide bonds. The van der Waals surface area contributed by atoms with Crippen molar-refractivity contribution in [3.63, 3.8) is 0 Å². The predicted octanol–water partition coefficient (Wildman–Crippen LogP) is 3.29. The summed E-state index contributed by atoms with van der Waals surface area (Å²) in [6, 6.07) is 5.96. The SMILES string of the molecule is CON=C(C(=O)OC)c1c(Oc2cc(C)cc(C(C)C)c2)ncnc1N(C)C. The first kappa shape index (κ1) is 21.1. The second-order valence-electron chi connectivity index (χ2n) is 6.72. The molecule has 0 saturated heterocycles. The van der Waals surface area contributed by atoms with Gasteiger partial charge in [-0.15, -0.1) is 0 Å². The lowest BCUT2D eigenvalue weighted by molar-refractivity contribution is -0.132. The zero-order chi connectivity index (χ0) is 20.8. The molecule has 8 nitrogen and oxygen atoms in total. The molecule has 2 rings (SSSR count). The van der Waals surface area contributed by atoms with Crippen LogP contribution in [0.5, 0.6) is 11.6 Å². The number of aryl methyl sites for hydroxylation is 1. The third-order valence-corrected chi connectivity index (χ3v) is 3.97. The van der Waals surface area contributed by atoms with Crippen molar-refractivity contribution in [2.24, 2.45) is 5.16 Å². The molecule has 0 radical (unpaired) electrons. The van der Waals surface area contributed by atoms with Crippen molar-refractivity contribution in [1.82, 2.24) is 9.97 Å². The number of esters is 1. The van der Waals surface area contributed by atoms with Gasteiger partial charge in [-0.3, -0.25) is 0 Å². The number of carbonyl (C=O) groups excluding carboxylic acids is 1. The Hall–Kier alpha value is -3.16. The van der Waals surface area contributed by atoms with Crippen molar-refractivity contribution in [2.45, 2.75) is 26.7 Å². The quantitative estimate of drug-likeness (QED) is 0.410. The first-order valence-electron chi connectivity index (χ1n) is 8.80. The van der Waals surface area contributed by atoms with Crippen molar-refractivity contribution in [2.75, 3.05) is 33.2 Å². The molecule has 1 heterocycles. The van der Waals surface area contributed by atoms with E-state index in [0.29, 0.717) is 17.5 Å². The Kier molecular flexibility index (Phi) is 6.92. The van der Waals surface area contributed by atoms with Crippen molar-refractivity contribution >= 4 is 17.5 Å². The summed E-state index contributed by atoms with van der Waals surface area (Å²) >= 11 is 0. The minimum Gasteiger partial charge on any atom is -0.464 e. The Morgan fingerprint density at radius 3 is 2.43 bits per heavy atom. The minimum atomic E-state index is -0.684. The molecule has 8 heteroatoms. The standard InChI is InChI=1S/C20H26N4O4/c1-12(2)14-8-13(3)9-15(10-14)28-19-16(17(23-27-7)20(25)26-6)18(24(4)5)21-11-22-19/h8-12H,1-7H3. The number of hydrogen-bond donors (Lipinski definition) is 0. The molecule has 28 heavy (non-hydrogen) atoms. The van der Waals surface area contributed by atoms with Crippen LogP contribution in [-0.2, 0) is 14.4 Å². The lowest BCUT2D eigenvalue weighted by Crippen LogP contribution is -2.24. The highest BCUT2D eigenvalue weighted by molar-refractivity contribution is 6.44. The summed E-state index contributed by atoms with van der Waals surface area (Å²) in [5, 5.41) is 3.83. The molecule has 1 aromatic carbocycles. The fourth-order valence-electron chi connectivity index (χ4n) is 2.64. The number of hydrogen-bond acceptors (Lipinski definition) is 8. The Bertz CT molecular complexity index is 879. The van der Waals surface area contributed by atoms with Gasteiger partial charge >= 0.3 is 5.97 Å². The monoisotopic (exact) mass is 386 g/mol. The van der Waals surface area contributed by atoms with Gasteiger partial charge in [0.2, 0.25) is 11.6 Å². The predicted molar refractivity (Wildman–Crippen MR) is 107 cm³/mol. The number of rotatable bonds is 7. The lowest BCUT2D eigenvalue weighted by Gasteiger charge is -2.19. The fraction of sp³-hybridized carbons (Fsp3) is 0.400. The van der Waals surface area contributed by atoms with E-state index in [9.17, 15) is 4.79 Å². The van der Waals surface area contributed by atoms with Gasteiger partial charge in [-0.2, -0.15) is 0 Å². The lowest BCUT2D eigenvalue weighted by atomic mass is 10.0. The highest BCUT2D eigenvalue weighted by Crippen LogP contribution is 2.31. The molecule has 0 aliphatic heterocycles. The maximum atomic E-state index is 12.3. The van der Waals surface area contributed by atoms with Gasteiger partial charge in [0.25, 0.3) is 0 Å². The number of ether oxygens (including phenoxy) is 2. The molecule has 0 saturated carbocycles. The van der Waals surface area contributed by atoms with Crippen molar-refractivity contribution in [1.29, 1.82) is 0 Å². The number of aromatic nitrogens is 2. The van der Waals surface area contributed by atoms with Gasteiger partial charge in [0.15, 0.2) is 0 Å². The number of methoxy groups -OCH3 is 1. The maximum Gasteiger partial charge on any atom is 0.361 e. The van der Waals surface area contributed by atoms with Crippen LogP contribution >= 0.6 is 0 Å². The van der Waals surface area contributed by atoms with Crippen LogP contribution in [0, 0.1) is 6.92 Å². The Labute approximate surface area is 165 Å².